The number of esters is 3. The predicted molar refractivity (Wildman–Crippen MR) is 284 cm³/mol. The summed E-state index contributed by atoms with van der Waals surface area (Å²) in [6.45, 7) is 6.69. The molecule has 1 atom stereocenters. The number of ether oxygens (including phenoxy) is 3. The molecule has 6 nitrogen and oxygen atoms in total. The van der Waals surface area contributed by atoms with Crippen LogP contribution in [0.1, 0.15) is 335 Å². The molecule has 6 heteroatoms. The lowest BCUT2D eigenvalue weighted by atomic mass is 10.0. The van der Waals surface area contributed by atoms with Gasteiger partial charge in [-0.2, -0.15) is 0 Å². The van der Waals surface area contributed by atoms with Gasteiger partial charge in [-0.05, 0) is 44.9 Å². The molecule has 0 aliphatic heterocycles. The van der Waals surface area contributed by atoms with Gasteiger partial charge in [-0.15, -0.1) is 0 Å². The molecule has 0 radical (unpaired) electrons. The highest BCUT2D eigenvalue weighted by atomic mass is 16.6. The quantitative estimate of drug-likeness (QED) is 0.0262. The Morgan fingerprint density at radius 2 is 0.500 bits per heavy atom. The molecule has 0 amide bonds. The molecule has 0 heterocycles. The molecule has 0 spiro atoms. The van der Waals surface area contributed by atoms with Gasteiger partial charge in [0.15, 0.2) is 6.10 Å². The van der Waals surface area contributed by atoms with Crippen molar-refractivity contribution in [3.8, 4) is 0 Å². The molecule has 1 unspecified atom stereocenters. The molecule has 0 bridgehead atoms. The average Bonchev–Trinajstić information content (AvgIpc) is 3.31. The average molecular weight is 932 g/mol. The van der Waals surface area contributed by atoms with Gasteiger partial charge in [0, 0.05) is 19.3 Å². The van der Waals surface area contributed by atoms with Crippen LogP contribution in [0.5, 0.6) is 0 Å². The molecule has 0 N–H and O–H groups in total. The lowest BCUT2D eigenvalue weighted by Crippen LogP contribution is -2.30. The van der Waals surface area contributed by atoms with Crippen LogP contribution in [0, 0.1) is 0 Å². The van der Waals surface area contributed by atoms with E-state index in [4.69, 9.17) is 14.2 Å². The molecule has 0 aliphatic rings. The van der Waals surface area contributed by atoms with Crippen LogP contribution >= 0.6 is 0 Å². The van der Waals surface area contributed by atoms with Crippen LogP contribution < -0.4 is 0 Å². The zero-order valence-electron chi connectivity index (χ0n) is 44.7. The third-order valence-corrected chi connectivity index (χ3v) is 13.5. The summed E-state index contributed by atoms with van der Waals surface area (Å²) in [5.41, 5.74) is 0. The van der Waals surface area contributed by atoms with E-state index in [0.29, 0.717) is 19.3 Å². The minimum Gasteiger partial charge on any atom is -0.462 e. The third-order valence-electron chi connectivity index (χ3n) is 13.5. The number of allylic oxidation sites excluding steroid dienone is 2. The number of hydrogen-bond donors (Lipinski definition) is 0. The van der Waals surface area contributed by atoms with Crippen molar-refractivity contribution >= 4 is 17.9 Å². The Kier molecular flexibility index (Phi) is 54.2. The van der Waals surface area contributed by atoms with Crippen molar-refractivity contribution in [2.75, 3.05) is 13.2 Å². The van der Waals surface area contributed by atoms with Crippen molar-refractivity contribution in [3.63, 3.8) is 0 Å². The Hall–Kier alpha value is -1.85. The van der Waals surface area contributed by atoms with E-state index in [2.05, 4.69) is 32.9 Å². The summed E-state index contributed by atoms with van der Waals surface area (Å²) in [5.74, 6) is -0.849. The second-order valence-corrected chi connectivity index (χ2v) is 20.3. The molecular formula is C60H114O6. The molecule has 66 heavy (non-hydrogen) atoms. The van der Waals surface area contributed by atoms with E-state index in [1.807, 2.05) is 0 Å². The normalized spacial score (nSPS) is 12.0. The van der Waals surface area contributed by atoms with Crippen molar-refractivity contribution < 1.29 is 28.6 Å². The van der Waals surface area contributed by atoms with Gasteiger partial charge in [0.2, 0.25) is 0 Å². The van der Waals surface area contributed by atoms with E-state index >= 15 is 0 Å². The van der Waals surface area contributed by atoms with Crippen molar-refractivity contribution in [1.82, 2.24) is 0 Å². The van der Waals surface area contributed by atoms with Crippen LogP contribution in [0.3, 0.4) is 0 Å². The first kappa shape index (κ1) is 64.2. The summed E-state index contributed by atoms with van der Waals surface area (Å²) in [6.07, 6.45) is 63.4. The second-order valence-electron chi connectivity index (χ2n) is 20.3. The second kappa shape index (κ2) is 55.7. The smallest absolute Gasteiger partial charge is 0.306 e. The lowest BCUT2D eigenvalue weighted by molar-refractivity contribution is -0.167. The van der Waals surface area contributed by atoms with Crippen LogP contribution in [0.2, 0.25) is 0 Å². The molecule has 0 aromatic heterocycles. The summed E-state index contributed by atoms with van der Waals surface area (Å²) in [5, 5.41) is 0. The number of hydrogen-bond acceptors (Lipinski definition) is 6. The minimum atomic E-state index is -0.767. The summed E-state index contributed by atoms with van der Waals surface area (Å²) in [7, 11) is 0. The fraction of sp³-hybridized carbons (Fsp3) is 0.917. The lowest BCUT2D eigenvalue weighted by Gasteiger charge is -2.18. The van der Waals surface area contributed by atoms with Crippen LogP contribution in [0.15, 0.2) is 12.2 Å². The molecule has 0 aromatic rings. The summed E-state index contributed by atoms with van der Waals surface area (Å²) in [6, 6.07) is 0. The first-order chi connectivity index (χ1) is 32.5. The molecule has 0 rings (SSSR count). The number of unbranched alkanes of at least 4 members (excludes halogenated alkanes) is 42. The summed E-state index contributed by atoms with van der Waals surface area (Å²) >= 11 is 0. The predicted octanol–water partition coefficient (Wildman–Crippen LogP) is 19.7. The van der Waals surface area contributed by atoms with E-state index in [1.54, 1.807) is 0 Å². The van der Waals surface area contributed by atoms with Gasteiger partial charge in [-0.25, -0.2) is 0 Å². The topological polar surface area (TPSA) is 78.9 Å². The number of carbonyl (C=O) groups excluding carboxylic acids is 3. The highest BCUT2D eigenvalue weighted by molar-refractivity contribution is 5.71. The van der Waals surface area contributed by atoms with Gasteiger partial charge in [-0.3, -0.25) is 14.4 Å². The van der Waals surface area contributed by atoms with Crippen molar-refractivity contribution in [3.05, 3.63) is 12.2 Å². The zero-order chi connectivity index (χ0) is 47.9. The molecular weight excluding hydrogens is 817 g/mol. The Morgan fingerprint density at radius 3 is 0.758 bits per heavy atom. The van der Waals surface area contributed by atoms with E-state index < -0.39 is 6.10 Å². The zero-order valence-corrected chi connectivity index (χ0v) is 44.7. The monoisotopic (exact) mass is 931 g/mol. The van der Waals surface area contributed by atoms with Crippen LogP contribution in [-0.4, -0.2) is 37.2 Å². The maximum atomic E-state index is 12.9. The summed E-state index contributed by atoms with van der Waals surface area (Å²) < 4.78 is 16.9. The van der Waals surface area contributed by atoms with Gasteiger partial charge >= 0.3 is 17.9 Å². The van der Waals surface area contributed by atoms with Gasteiger partial charge in [0.25, 0.3) is 0 Å². The summed E-state index contributed by atoms with van der Waals surface area (Å²) in [4.78, 5) is 38.2. The Morgan fingerprint density at radius 1 is 0.288 bits per heavy atom. The van der Waals surface area contributed by atoms with Crippen molar-refractivity contribution in [2.45, 2.75) is 341 Å². The Labute approximate surface area is 411 Å². The molecule has 0 aromatic carbocycles. The van der Waals surface area contributed by atoms with Crippen molar-refractivity contribution in [2.24, 2.45) is 0 Å². The van der Waals surface area contributed by atoms with E-state index in [-0.39, 0.29) is 31.1 Å². The number of carbonyl (C=O) groups is 3. The molecule has 0 saturated carbocycles. The van der Waals surface area contributed by atoms with Crippen molar-refractivity contribution in [1.29, 1.82) is 0 Å². The van der Waals surface area contributed by atoms with E-state index in [9.17, 15) is 14.4 Å². The van der Waals surface area contributed by atoms with E-state index in [1.165, 1.54) is 231 Å². The van der Waals surface area contributed by atoms with Crippen LogP contribution in [0.4, 0.5) is 0 Å². The Balaban J connectivity index is 4.31. The largest absolute Gasteiger partial charge is 0.462 e. The standard InChI is InChI=1S/C60H114O6/c1-4-7-10-13-16-19-22-25-27-29-31-32-35-38-41-44-47-50-53-59(62)65-56-57(55-64-58(61)52-49-46-43-40-37-34-24-21-18-15-12-9-6-3)66-60(63)54-51-48-45-42-39-36-33-30-28-26-23-20-17-14-11-8-5-2/h31-32,57H,4-30,33-56H2,1-3H3/b32-31-. The highest BCUT2D eigenvalue weighted by Gasteiger charge is 2.19. The first-order valence-electron chi connectivity index (χ1n) is 29.7. The van der Waals surface area contributed by atoms with Crippen LogP contribution in [-0.2, 0) is 28.6 Å². The fourth-order valence-corrected chi connectivity index (χ4v) is 9.03. The van der Waals surface area contributed by atoms with Gasteiger partial charge in [0.1, 0.15) is 13.2 Å². The van der Waals surface area contributed by atoms with E-state index in [0.717, 1.165) is 64.2 Å². The highest BCUT2D eigenvalue weighted by Crippen LogP contribution is 2.17. The van der Waals surface area contributed by atoms with Gasteiger partial charge in [0.05, 0.1) is 0 Å². The maximum absolute atomic E-state index is 12.9. The first-order valence-corrected chi connectivity index (χ1v) is 29.7. The molecule has 0 saturated heterocycles. The van der Waals surface area contributed by atoms with Gasteiger partial charge < -0.3 is 14.2 Å². The fourth-order valence-electron chi connectivity index (χ4n) is 9.03. The Bertz CT molecular complexity index is 1020. The number of rotatable bonds is 55. The third kappa shape index (κ3) is 53.1. The van der Waals surface area contributed by atoms with Crippen LogP contribution in [0.25, 0.3) is 0 Å². The van der Waals surface area contributed by atoms with Gasteiger partial charge in [-0.1, -0.05) is 283 Å². The molecule has 0 aliphatic carbocycles. The maximum Gasteiger partial charge on any atom is 0.306 e. The minimum absolute atomic E-state index is 0.0665. The molecule has 390 valence electrons. The molecule has 0 fully saturated rings. The SMILES string of the molecule is CCCCCCCCCCC/C=C\CCCCCCCC(=O)OCC(COC(=O)CCCCCCCCCCCCCCC)OC(=O)CCCCCCCCCCCCCCCCCCC.